The van der Waals surface area contributed by atoms with Crippen LogP contribution in [-0.4, -0.2) is 46.6 Å². The first kappa shape index (κ1) is 19.3. The Balaban J connectivity index is 1.27. The van der Waals surface area contributed by atoms with Crippen LogP contribution in [-0.2, 0) is 6.67 Å². The van der Waals surface area contributed by atoms with E-state index in [1.165, 1.54) is 5.56 Å². The van der Waals surface area contributed by atoms with E-state index in [0.29, 0.717) is 22.9 Å². The predicted molar refractivity (Wildman–Crippen MR) is 107 cm³/mol. The van der Waals surface area contributed by atoms with E-state index in [1.54, 1.807) is 24.3 Å². The van der Waals surface area contributed by atoms with E-state index in [9.17, 15) is 9.18 Å². The van der Waals surface area contributed by atoms with Crippen molar-refractivity contribution in [3.8, 4) is 11.4 Å². The molecular weight excluding hydrogens is 371 g/mol. The average Bonchev–Trinajstić information content (AvgIpc) is 3.20. The van der Waals surface area contributed by atoms with Gasteiger partial charge in [-0.05, 0) is 24.6 Å². The molecule has 1 unspecified atom stereocenters. The maximum Gasteiger partial charge on any atom is 0.258 e. The summed E-state index contributed by atoms with van der Waals surface area (Å²) in [5.41, 5.74) is 2.60. The summed E-state index contributed by atoms with van der Waals surface area (Å²) in [5, 5.41) is 6.77. The zero-order valence-corrected chi connectivity index (χ0v) is 16.2. The van der Waals surface area contributed by atoms with E-state index in [0.717, 1.165) is 19.6 Å². The maximum atomic E-state index is 12.5. The van der Waals surface area contributed by atoms with E-state index in [4.69, 9.17) is 4.52 Å². The van der Waals surface area contributed by atoms with Gasteiger partial charge in [-0.15, -0.1) is 0 Å². The van der Waals surface area contributed by atoms with Gasteiger partial charge in [0.25, 0.3) is 11.8 Å². The summed E-state index contributed by atoms with van der Waals surface area (Å²) >= 11 is 0. The summed E-state index contributed by atoms with van der Waals surface area (Å²) in [6.07, 6.45) is 0. The van der Waals surface area contributed by atoms with Gasteiger partial charge in [0.15, 0.2) is 6.67 Å². The molecule has 1 aliphatic heterocycles. The van der Waals surface area contributed by atoms with Gasteiger partial charge >= 0.3 is 0 Å². The van der Waals surface area contributed by atoms with Crippen molar-refractivity contribution in [3.05, 3.63) is 71.6 Å². The van der Waals surface area contributed by atoms with E-state index in [1.807, 2.05) is 13.0 Å². The lowest BCUT2D eigenvalue weighted by atomic mass is 9.91. The minimum atomic E-state index is -0.797. The fraction of sp³-hybridized carbons (Fsp3) is 0.318. The summed E-state index contributed by atoms with van der Waals surface area (Å²) in [6.45, 7) is 4.07. The lowest BCUT2D eigenvalue weighted by Gasteiger charge is -2.41. The summed E-state index contributed by atoms with van der Waals surface area (Å²) in [5.74, 6) is 0.705. The topological polar surface area (TPSA) is 71.3 Å². The van der Waals surface area contributed by atoms with Gasteiger partial charge < -0.3 is 9.84 Å². The van der Waals surface area contributed by atoms with Gasteiger partial charge in [-0.2, -0.15) is 4.98 Å². The quantitative estimate of drug-likeness (QED) is 0.665. The predicted octanol–water partition coefficient (Wildman–Crippen LogP) is 3.42. The van der Waals surface area contributed by atoms with E-state index in [2.05, 4.69) is 44.6 Å². The maximum absolute atomic E-state index is 12.5. The van der Waals surface area contributed by atoms with Crippen LogP contribution in [0, 0.1) is 0 Å². The summed E-state index contributed by atoms with van der Waals surface area (Å²) in [7, 11) is 0. The normalized spacial score (nSPS) is 15.7. The molecular formula is C22H23FN4O2. The summed E-state index contributed by atoms with van der Waals surface area (Å²) < 4.78 is 17.3. The van der Waals surface area contributed by atoms with Crippen molar-refractivity contribution in [1.82, 2.24) is 20.4 Å². The minimum absolute atomic E-state index is 0.0446. The highest BCUT2D eigenvalue weighted by molar-refractivity contribution is 5.94. The molecule has 29 heavy (non-hydrogen) atoms. The van der Waals surface area contributed by atoms with Crippen molar-refractivity contribution in [2.24, 2.45) is 0 Å². The fourth-order valence-corrected chi connectivity index (χ4v) is 3.59. The third-order valence-corrected chi connectivity index (χ3v) is 5.13. The second-order valence-corrected chi connectivity index (χ2v) is 7.42. The minimum Gasteiger partial charge on any atom is -0.348 e. The first-order valence-corrected chi connectivity index (χ1v) is 9.69. The van der Waals surface area contributed by atoms with Crippen molar-refractivity contribution in [2.45, 2.75) is 25.6 Å². The zero-order chi connectivity index (χ0) is 20.2. The Morgan fingerprint density at radius 2 is 1.93 bits per heavy atom. The molecule has 1 saturated heterocycles. The number of halogens is 1. The number of nitrogens with zero attached hydrogens (tertiary/aromatic N) is 3. The molecule has 4 rings (SSSR count). The van der Waals surface area contributed by atoms with E-state index >= 15 is 0 Å². The lowest BCUT2D eigenvalue weighted by molar-refractivity contribution is 0.0900. The molecule has 1 aliphatic rings. The number of carbonyl (C=O) groups is 1. The molecule has 1 N–H and O–H groups in total. The molecule has 1 fully saturated rings. The van der Waals surface area contributed by atoms with Crippen LogP contribution in [0.5, 0.6) is 0 Å². The SMILES string of the molecule is CC(CN1CC(c2ccccc2)C1)NC(=O)c1ccc(-c2noc(CF)n2)cc1. The van der Waals surface area contributed by atoms with Crippen LogP contribution < -0.4 is 5.32 Å². The highest BCUT2D eigenvalue weighted by atomic mass is 19.1. The van der Waals surface area contributed by atoms with Crippen LogP contribution in [0.3, 0.4) is 0 Å². The Bertz CT molecular complexity index is 952. The number of hydrogen-bond acceptors (Lipinski definition) is 5. The fourth-order valence-electron chi connectivity index (χ4n) is 3.59. The highest BCUT2D eigenvalue weighted by Gasteiger charge is 2.28. The van der Waals surface area contributed by atoms with Crippen LogP contribution >= 0.6 is 0 Å². The standard InChI is InChI=1S/C22H23FN4O2/c1-15(12-27-13-19(14-27)16-5-3-2-4-6-16)24-22(28)18-9-7-17(8-10-18)21-25-20(11-23)29-26-21/h2-10,15,19H,11-14H2,1H3,(H,24,28). The molecule has 2 aromatic carbocycles. The summed E-state index contributed by atoms with van der Waals surface area (Å²) in [6, 6.07) is 17.4. The van der Waals surface area contributed by atoms with Gasteiger partial charge in [0.1, 0.15) is 0 Å². The third-order valence-electron chi connectivity index (χ3n) is 5.13. The molecule has 1 aromatic heterocycles. The molecule has 2 heterocycles. The second-order valence-electron chi connectivity index (χ2n) is 7.42. The number of rotatable bonds is 7. The number of hydrogen-bond donors (Lipinski definition) is 1. The van der Waals surface area contributed by atoms with Crippen molar-refractivity contribution in [1.29, 1.82) is 0 Å². The molecule has 150 valence electrons. The smallest absolute Gasteiger partial charge is 0.258 e. The first-order valence-electron chi connectivity index (χ1n) is 9.69. The third kappa shape index (κ3) is 4.51. The number of nitrogens with one attached hydrogen (secondary N) is 1. The van der Waals surface area contributed by atoms with Gasteiger partial charge in [0.05, 0.1) is 0 Å². The van der Waals surface area contributed by atoms with Crippen LogP contribution in [0.2, 0.25) is 0 Å². The summed E-state index contributed by atoms with van der Waals surface area (Å²) in [4.78, 5) is 18.8. The van der Waals surface area contributed by atoms with Gasteiger partial charge in [-0.25, -0.2) is 4.39 Å². The number of carbonyl (C=O) groups excluding carboxylic acids is 1. The van der Waals surface area contributed by atoms with Crippen molar-refractivity contribution in [2.75, 3.05) is 19.6 Å². The van der Waals surface area contributed by atoms with E-state index in [-0.39, 0.29) is 17.8 Å². The highest BCUT2D eigenvalue weighted by Crippen LogP contribution is 2.26. The van der Waals surface area contributed by atoms with Crippen molar-refractivity contribution < 1.29 is 13.7 Å². The average molecular weight is 394 g/mol. The second kappa shape index (κ2) is 8.53. The number of alkyl halides is 1. The molecule has 3 aromatic rings. The Morgan fingerprint density at radius 3 is 2.59 bits per heavy atom. The lowest BCUT2D eigenvalue weighted by Crippen LogP contribution is -2.51. The number of benzene rings is 2. The molecule has 1 amide bonds. The molecule has 1 atom stereocenters. The van der Waals surface area contributed by atoms with Crippen LogP contribution in [0.25, 0.3) is 11.4 Å². The Hall–Kier alpha value is -3.06. The number of aromatic nitrogens is 2. The molecule has 7 heteroatoms. The zero-order valence-electron chi connectivity index (χ0n) is 16.2. The van der Waals surface area contributed by atoms with Crippen LogP contribution in [0.4, 0.5) is 4.39 Å². The largest absolute Gasteiger partial charge is 0.348 e. The number of amides is 1. The van der Waals surface area contributed by atoms with Gasteiger partial charge in [0.2, 0.25) is 5.82 Å². The molecule has 0 aliphatic carbocycles. The van der Waals surface area contributed by atoms with E-state index < -0.39 is 6.67 Å². The van der Waals surface area contributed by atoms with Gasteiger partial charge in [-0.1, -0.05) is 47.6 Å². The molecule has 0 radical (unpaired) electrons. The Morgan fingerprint density at radius 1 is 1.21 bits per heavy atom. The van der Waals surface area contributed by atoms with Crippen molar-refractivity contribution >= 4 is 5.91 Å². The monoisotopic (exact) mass is 394 g/mol. The van der Waals surface area contributed by atoms with Crippen LogP contribution in [0.15, 0.2) is 59.1 Å². The van der Waals surface area contributed by atoms with Crippen LogP contribution in [0.1, 0.15) is 34.7 Å². The Kier molecular flexibility index (Phi) is 5.67. The number of likely N-dealkylation sites (tertiary alicyclic amines) is 1. The molecule has 0 saturated carbocycles. The molecule has 0 bridgehead atoms. The molecule has 6 nitrogen and oxygen atoms in total. The Labute approximate surface area is 168 Å². The molecule has 0 spiro atoms. The van der Waals surface area contributed by atoms with Gasteiger partial charge in [-0.3, -0.25) is 9.69 Å². The first-order chi connectivity index (χ1) is 14.1. The van der Waals surface area contributed by atoms with Crippen molar-refractivity contribution in [3.63, 3.8) is 0 Å². The van der Waals surface area contributed by atoms with Gasteiger partial charge in [0, 0.05) is 42.7 Å².